The molecule has 0 bridgehead atoms. The first-order chi connectivity index (χ1) is 11.8. The molecule has 2 aliphatic carbocycles. The fraction of sp³-hybridized carbons (Fsp3) is 0.455. The van der Waals surface area contributed by atoms with E-state index in [1.54, 1.807) is 11.1 Å². The fourth-order valence-corrected chi connectivity index (χ4v) is 5.54. The van der Waals surface area contributed by atoms with Crippen molar-refractivity contribution in [3.8, 4) is 0 Å². The monoisotopic (exact) mass is 384 g/mol. The van der Waals surface area contributed by atoms with E-state index in [1.165, 1.54) is 65.3 Å². The molecule has 2 heteroatoms. The minimum Gasteiger partial charge on any atom is -0.388 e. The number of rotatable bonds is 3. The van der Waals surface area contributed by atoms with Crippen LogP contribution in [0.5, 0.6) is 0 Å². The molecule has 0 heterocycles. The maximum Gasteiger partial charge on any atom is 0.0844 e. The number of fused-ring (bicyclic) bond motifs is 3. The van der Waals surface area contributed by atoms with Crippen LogP contribution in [0.3, 0.4) is 0 Å². The highest BCUT2D eigenvalue weighted by Gasteiger charge is 2.28. The van der Waals surface area contributed by atoms with Crippen molar-refractivity contribution in [3.05, 3.63) is 68.2 Å². The smallest absolute Gasteiger partial charge is 0.0844 e. The first kappa shape index (κ1) is 16.4. The Kier molecular flexibility index (Phi) is 4.78. The van der Waals surface area contributed by atoms with Crippen molar-refractivity contribution in [2.75, 3.05) is 0 Å². The van der Waals surface area contributed by atoms with Crippen LogP contribution in [0.1, 0.15) is 65.2 Å². The van der Waals surface area contributed by atoms with Crippen molar-refractivity contribution in [2.45, 2.75) is 63.9 Å². The van der Waals surface area contributed by atoms with Crippen LogP contribution in [-0.2, 0) is 32.1 Å². The van der Waals surface area contributed by atoms with Gasteiger partial charge in [0.1, 0.15) is 0 Å². The van der Waals surface area contributed by atoms with Crippen molar-refractivity contribution in [2.24, 2.45) is 0 Å². The van der Waals surface area contributed by atoms with E-state index in [2.05, 4.69) is 40.2 Å². The molecule has 0 fully saturated rings. The van der Waals surface area contributed by atoms with Gasteiger partial charge in [-0.15, -0.1) is 0 Å². The van der Waals surface area contributed by atoms with Crippen LogP contribution in [0.2, 0.25) is 0 Å². The van der Waals surface area contributed by atoms with Gasteiger partial charge in [-0.1, -0.05) is 46.3 Å². The van der Waals surface area contributed by atoms with Crippen LogP contribution in [0.15, 0.2) is 34.8 Å². The number of hydrogen-bond donors (Lipinski definition) is 1. The summed E-state index contributed by atoms with van der Waals surface area (Å²) in [6.07, 6.45) is 10.2. The molecule has 1 nitrogen and oxygen atoms in total. The summed E-state index contributed by atoms with van der Waals surface area (Å²) >= 11 is 3.90. The molecular weight excluding hydrogens is 360 g/mol. The molecule has 126 valence electrons. The van der Waals surface area contributed by atoms with E-state index < -0.39 is 6.10 Å². The molecule has 4 rings (SSSR count). The summed E-state index contributed by atoms with van der Waals surface area (Å²) in [5, 5.41) is 11.1. The van der Waals surface area contributed by atoms with E-state index >= 15 is 0 Å². The van der Waals surface area contributed by atoms with E-state index in [-0.39, 0.29) is 0 Å². The average Bonchev–Trinajstić information content (AvgIpc) is 2.63. The molecule has 0 saturated carbocycles. The molecule has 0 radical (unpaired) electrons. The molecule has 2 aliphatic rings. The summed E-state index contributed by atoms with van der Waals surface area (Å²) in [4.78, 5) is 0. The van der Waals surface area contributed by atoms with Gasteiger partial charge in [0.2, 0.25) is 0 Å². The second kappa shape index (κ2) is 7.01. The van der Waals surface area contributed by atoms with Gasteiger partial charge in [0.15, 0.2) is 0 Å². The minimum absolute atomic E-state index is 0.416. The van der Waals surface area contributed by atoms with Gasteiger partial charge in [-0.05, 0) is 84.7 Å². The third kappa shape index (κ3) is 2.95. The molecule has 0 aromatic heterocycles. The summed E-state index contributed by atoms with van der Waals surface area (Å²) < 4.78 is 1.21. The lowest BCUT2D eigenvalue weighted by atomic mass is 9.77. The molecule has 0 aliphatic heterocycles. The maximum absolute atomic E-state index is 11.1. The number of aliphatic hydroxyl groups excluding tert-OH is 1. The maximum atomic E-state index is 11.1. The Balaban J connectivity index is 1.79. The van der Waals surface area contributed by atoms with Crippen molar-refractivity contribution < 1.29 is 5.11 Å². The molecule has 1 atom stereocenters. The van der Waals surface area contributed by atoms with Crippen LogP contribution in [-0.4, -0.2) is 5.11 Å². The lowest BCUT2D eigenvalue weighted by Gasteiger charge is -2.31. The summed E-state index contributed by atoms with van der Waals surface area (Å²) in [7, 11) is 0. The molecule has 0 spiro atoms. The lowest BCUT2D eigenvalue weighted by Crippen LogP contribution is -2.19. The Morgan fingerprint density at radius 1 is 0.792 bits per heavy atom. The molecule has 24 heavy (non-hydrogen) atoms. The summed E-state index contributed by atoms with van der Waals surface area (Å²) in [6, 6.07) is 10.4. The number of halogens is 1. The van der Waals surface area contributed by atoms with Gasteiger partial charge in [0.05, 0.1) is 6.10 Å². The third-order valence-corrected chi connectivity index (χ3v) is 6.64. The predicted molar refractivity (Wildman–Crippen MR) is 103 cm³/mol. The Morgan fingerprint density at radius 3 is 2.00 bits per heavy atom. The molecule has 0 amide bonds. The van der Waals surface area contributed by atoms with Crippen molar-refractivity contribution in [1.29, 1.82) is 0 Å². The van der Waals surface area contributed by atoms with Crippen LogP contribution in [0.4, 0.5) is 0 Å². The van der Waals surface area contributed by atoms with Gasteiger partial charge in [-0.25, -0.2) is 0 Å². The van der Waals surface area contributed by atoms with Crippen molar-refractivity contribution in [1.82, 2.24) is 0 Å². The van der Waals surface area contributed by atoms with Gasteiger partial charge in [-0.2, -0.15) is 0 Å². The zero-order valence-corrected chi connectivity index (χ0v) is 15.7. The normalized spacial score (nSPS) is 17.9. The first-order valence-electron chi connectivity index (χ1n) is 9.32. The van der Waals surface area contributed by atoms with Crippen LogP contribution >= 0.6 is 15.9 Å². The van der Waals surface area contributed by atoms with Gasteiger partial charge < -0.3 is 5.11 Å². The van der Waals surface area contributed by atoms with E-state index in [4.69, 9.17) is 0 Å². The summed E-state index contributed by atoms with van der Waals surface area (Å²) in [5.41, 5.74) is 8.54. The van der Waals surface area contributed by atoms with Crippen LogP contribution in [0.25, 0.3) is 0 Å². The Hall–Kier alpha value is -1.12. The third-order valence-electron chi connectivity index (χ3n) is 5.73. The Morgan fingerprint density at radius 2 is 1.33 bits per heavy atom. The second-order valence-electron chi connectivity index (χ2n) is 7.26. The average molecular weight is 385 g/mol. The number of benzene rings is 2. The Bertz CT molecular complexity index is 736. The zero-order chi connectivity index (χ0) is 16.5. The van der Waals surface area contributed by atoms with Gasteiger partial charge in [0, 0.05) is 10.9 Å². The predicted octanol–water partition coefficient (Wildman–Crippen LogP) is 5.48. The molecule has 0 saturated heterocycles. The highest BCUT2D eigenvalue weighted by Crippen LogP contribution is 2.42. The molecule has 1 N–H and O–H groups in total. The zero-order valence-electron chi connectivity index (χ0n) is 14.2. The van der Waals surface area contributed by atoms with Gasteiger partial charge in [0.25, 0.3) is 0 Å². The quantitative estimate of drug-likeness (QED) is 0.742. The summed E-state index contributed by atoms with van der Waals surface area (Å²) in [5.74, 6) is 0. The van der Waals surface area contributed by atoms with E-state index in [1.807, 2.05) is 6.07 Å². The van der Waals surface area contributed by atoms with Crippen molar-refractivity contribution >= 4 is 15.9 Å². The second-order valence-corrected chi connectivity index (χ2v) is 8.05. The number of aliphatic hydroxyl groups is 1. The SMILES string of the molecule is OC(Cc1ccccc1)c1c(Br)c2c(c3c1CCCC3)CCCC2. The van der Waals surface area contributed by atoms with Crippen molar-refractivity contribution in [3.63, 3.8) is 0 Å². The van der Waals surface area contributed by atoms with Crippen LogP contribution in [0, 0.1) is 0 Å². The van der Waals surface area contributed by atoms with Gasteiger partial charge >= 0.3 is 0 Å². The van der Waals surface area contributed by atoms with E-state index in [0.29, 0.717) is 6.42 Å². The first-order valence-corrected chi connectivity index (χ1v) is 10.1. The van der Waals surface area contributed by atoms with E-state index in [0.717, 1.165) is 12.8 Å². The standard InChI is InChI=1S/C22H25BrO/c23-22-19-13-7-5-11-17(19)16-10-4-6-12-18(16)21(22)20(24)14-15-8-2-1-3-9-15/h1-3,8-9,20,24H,4-7,10-14H2. The highest BCUT2D eigenvalue weighted by atomic mass is 79.9. The molecule has 1 unspecified atom stereocenters. The molecule has 2 aromatic carbocycles. The molecular formula is C22H25BrO. The highest BCUT2D eigenvalue weighted by molar-refractivity contribution is 9.10. The minimum atomic E-state index is -0.416. The topological polar surface area (TPSA) is 20.2 Å². The lowest BCUT2D eigenvalue weighted by molar-refractivity contribution is 0.176. The fourth-order valence-electron chi connectivity index (χ4n) is 4.60. The summed E-state index contributed by atoms with van der Waals surface area (Å²) in [6.45, 7) is 0. The largest absolute Gasteiger partial charge is 0.388 e. The Labute approximate surface area is 153 Å². The number of hydrogen-bond acceptors (Lipinski definition) is 1. The van der Waals surface area contributed by atoms with Gasteiger partial charge in [-0.3, -0.25) is 0 Å². The van der Waals surface area contributed by atoms with Crippen LogP contribution < -0.4 is 0 Å². The molecule has 2 aromatic rings. The van der Waals surface area contributed by atoms with E-state index in [9.17, 15) is 5.11 Å².